The lowest BCUT2D eigenvalue weighted by atomic mass is 9.85. The molecular weight excluding hydrogens is 134 g/mol. The predicted octanol–water partition coefficient (Wildman–Crippen LogP) is 2.76. The minimum Gasteiger partial charge on any atom is -0.473 e. The molecule has 1 nitrogen and oxygen atoms in total. The number of rotatable bonds is 0. The van der Waals surface area contributed by atoms with Gasteiger partial charge in [-0.25, -0.2) is 0 Å². The first-order valence-electron chi connectivity index (χ1n) is 2.84. The minimum atomic E-state index is 0.306. The van der Waals surface area contributed by atoms with Gasteiger partial charge in [0.05, 0.1) is 12.5 Å². The Morgan fingerprint density at radius 1 is 1.22 bits per heavy atom. The highest BCUT2D eigenvalue weighted by molar-refractivity contribution is 7.05. The van der Waals surface area contributed by atoms with Crippen LogP contribution < -0.4 is 0 Å². The summed E-state index contributed by atoms with van der Waals surface area (Å²) in [6, 6.07) is 3.67. The Morgan fingerprint density at radius 2 is 1.56 bits per heavy atom. The van der Waals surface area contributed by atoms with E-state index < -0.39 is 0 Å². The highest BCUT2D eigenvalue weighted by atomic mass is 35.5. The third-order valence-electron chi connectivity index (χ3n) is 0.425. The van der Waals surface area contributed by atoms with Crippen LogP contribution in [0, 0.1) is 0 Å². The number of hydrogen-bond acceptors (Lipinski definition) is 1. The van der Waals surface area contributed by atoms with Crippen molar-refractivity contribution < 1.29 is 4.42 Å². The third-order valence-corrected chi connectivity index (χ3v) is 0.425. The monoisotopic (exact) mass is 144 g/mol. The van der Waals surface area contributed by atoms with Crippen LogP contribution in [0.2, 0.25) is 13.6 Å². The van der Waals surface area contributed by atoms with Crippen LogP contribution in [-0.4, -0.2) is 6.13 Å². The molecule has 0 fully saturated rings. The van der Waals surface area contributed by atoms with Gasteiger partial charge in [-0.15, -0.1) is 0 Å². The summed E-state index contributed by atoms with van der Waals surface area (Å²) >= 11 is 5.27. The molecule has 50 valence electrons. The van der Waals surface area contributed by atoms with Crippen LogP contribution in [0.1, 0.15) is 0 Å². The van der Waals surface area contributed by atoms with Gasteiger partial charge in [0.1, 0.15) is 0 Å². The van der Waals surface area contributed by atoms with E-state index in [1.54, 1.807) is 12.5 Å². The number of halogens is 1. The van der Waals surface area contributed by atoms with Crippen molar-refractivity contribution in [3.05, 3.63) is 24.7 Å². The zero-order chi connectivity index (χ0) is 7.11. The van der Waals surface area contributed by atoms with Crippen LogP contribution in [0.15, 0.2) is 29.1 Å². The Labute approximate surface area is 61.0 Å². The summed E-state index contributed by atoms with van der Waals surface area (Å²) in [6.07, 6.45) is 3.56. The molecule has 0 saturated carbocycles. The maximum atomic E-state index is 5.27. The van der Waals surface area contributed by atoms with Gasteiger partial charge in [0.25, 0.3) is 0 Å². The van der Waals surface area contributed by atoms with E-state index in [-0.39, 0.29) is 0 Å². The van der Waals surface area contributed by atoms with Gasteiger partial charge in [-0.2, -0.15) is 11.5 Å². The van der Waals surface area contributed by atoms with Crippen LogP contribution in [-0.2, 0) is 0 Å². The molecule has 0 aliphatic heterocycles. The molecule has 0 N–H and O–H groups in total. The summed E-state index contributed by atoms with van der Waals surface area (Å²) in [6.45, 7) is 3.86. The molecule has 1 aromatic rings. The van der Waals surface area contributed by atoms with Gasteiger partial charge in [0.15, 0.2) is 0 Å². The van der Waals surface area contributed by atoms with E-state index in [2.05, 4.69) is 4.42 Å². The van der Waals surface area contributed by atoms with E-state index in [4.69, 9.17) is 11.5 Å². The van der Waals surface area contributed by atoms with Gasteiger partial charge in [-0.3, -0.25) is 0 Å². The number of hydrogen-bond donors (Lipinski definition) is 0. The number of furan rings is 1. The van der Waals surface area contributed by atoms with E-state index in [0.717, 1.165) is 0 Å². The molecule has 1 rings (SSSR count). The van der Waals surface area contributed by atoms with Crippen molar-refractivity contribution in [2.45, 2.75) is 13.6 Å². The topological polar surface area (TPSA) is 13.1 Å². The molecule has 0 atom stereocenters. The molecule has 1 aromatic heterocycles. The summed E-state index contributed by atoms with van der Waals surface area (Å²) in [5.41, 5.74) is 0. The lowest BCUT2D eigenvalue weighted by Gasteiger charge is -1.68. The molecule has 0 aliphatic rings. The normalized spacial score (nSPS) is 7.44. The van der Waals surface area contributed by atoms with Crippen LogP contribution in [0.5, 0.6) is 0 Å². The smallest absolute Gasteiger partial charge is 0.244 e. The summed E-state index contributed by atoms with van der Waals surface area (Å²) in [5, 5.41) is 0. The largest absolute Gasteiger partial charge is 0.473 e. The van der Waals surface area contributed by atoms with E-state index in [1.807, 2.05) is 25.8 Å². The lowest BCUT2D eigenvalue weighted by molar-refractivity contribution is 0.567. The predicted molar refractivity (Wildman–Crippen MR) is 42.0 cm³/mol. The molecule has 0 saturated heterocycles. The fourth-order valence-corrected chi connectivity index (χ4v) is 0.227. The van der Waals surface area contributed by atoms with Crippen molar-refractivity contribution in [3.63, 3.8) is 0 Å². The van der Waals surface area contributed by atoms with Crippen molar-refractivity contribution in [2.75, 3.05) is 0 Å². The van der Waals surface area contributed by atoms with Crippen molar-refractivity contribution in [1.29, 1.82) is 0 Å². The molecule has 0 radical (unpaired) electrons. The first-order valence-corrected chi connectivity index (χ1v) is 3.28. The van der Waals surface area contributed by atoms with Gasteiger partial charge in [-0.05, 0) is 12.1 Å². The summed E-state index contributed by atoms with van der Waals surface area (Å²) in [4.78, 5) is 0. The fraction of sp³-hybridized carbons (Fsp3) is 0.333. The molecule has 0 aromatic carbocycles. The van der Waals surface area contributed by atoms with Crippen LogP contribution in [0.25, 0.3) is 0 Å². The second-order valence-electron chi connectivity index (χ2n) is 1.81. The summed E-state index contributed by atoms with van der Waals surface area (Å²) in [7, 11) is 0. The molecule has 0 amide bonds. The Bertz CT molecular complexity index is 96.6. The van der Waals surface area contributed by atoms with Gasteiger partial charge in [0, 0.05) is 0 Å². The first-order chi connectivity index (χ1) is 4.23. The van der Waals surface area contributed by atoms with Crippen LogP contribution in [0.4, 0.5) is 0 Å². The highest BCUT2D eigenvalue weighted by Gasteiger charge is 1.81. The molecule has 1 heterocycles. The van der Waals surface area contributed by atoms with Crippen LogP contribution >= 0.6 is 11.5 Å². The third kappa shape index (κ3) is 11.3. The van der Waals surface area contributed by atoms with Crippen molar-refractivity contribution in [1.82, 2.24) is 0 Å². The zero-order valence-corrected chi connectivity index (χ0v) is 6.43. The van der Waals surface area contributed by atoms with Gasteiger partial charge >= 0.3 is 0 Å². The van der Waals surface area contributed by atoms with E-state index >= 15 is 0 Å². The maximum Gasteiger partial charge on any atom is 0.244 e. The molecule has 0 unspecified atom stereocenters. The Hall–Kier alpha value is -0.365. The van der Waals surface area contributed by atoms with Gasteiger partial charge < -0.3 is 4.42 Å². The van der Waals surface area contributed by atoms with Crippen molar-refractivity contribution in [3.8, 4) is 0 Å². The molecule has 0 bridgehead atoms. The quantitative estimate of drug-likeness (QED) is 0.510. The SMILES string of the molecule is CB(C)Cl.c1ccoc1. The Morgan fingerprint density at radius 3 is 1.67 bits per heavy atom. The first kappa shape index (κ1) is 8.63. The molecule has 9 heavy (non-hydrogen) atoms. The van der Waals surface area contributed by atoms with E-state index in [0.29, 0.717) is 6.13 Å². The van der Waals surface area contributed by atoms with Gasteiger partial charge in [-0.1, -0.05) is 13.6 Å². The second-order valence-corrected chi connectivity index (χ2v) is 2.68. The Balaban J connectivity index is 0.000000148. The maximum absolute atomic E-state index is 5.27. The summed E-state index contributed by atoms with van der Waals surface area (Å²) < 4.78 is 4.58. The highest BCUT2D eigenvalue weighted by Crippen LogP contribution is 1.80. The minimum absolute atomic E-state index is 0.306. The standard InChI is InChI=1S/C4H4O.C2H6BCl/c1-2-4-5-3-1;1-3(2)4/h1-4H;1-2H3. The van der Waals surface area contributed by atoms with Crippen molar-refractivity contribution in [2.24, 2.45) is 0 Å². The van der Waals surface area contributed by atoms with Gasteiger partial charge in [0.2, 0.25) is 6.13 Å². The molecular formula is C6H10BClO. The average Bonchev–Trinajstić information content (AvgIpc) is 2.11. The second kappa shape index (κ2) is 5.77. The van der Waals surface area contributed by atoms with E-state index in [9.17, 15) is 0 Å². The van der Waals surface area contributed by atoms with E-state index in [1.165, 1.54) is 0 Å². The molecule has 3 heteroatoms. The lowest BCUT2D eigenvalue weighted by Crippen LogP contribution is -1.78. The fourth-order valence-electron chi connectivity index (χ4n) is 0.227. The average molecular weight is 144 g/mol. The zero-order valence-electron chi connectivity index (χ0n) is 5.67. The van der Waals surface area contributed by atoms with Crippen LogP contribution in [0.3, 0.4) is 0 Å². The molecule has 0 spiro atoms. The molecule has 0 aliphatic carbocycles. The summed E-state index contributed by atoms with van der Waals surface area (Å²) in [5.74, 6) is 0. The van der Waals surface area contributed by atoms with Crippen molar-refractivity contribution >= 4 is 17.6 Å². The Kier molecular flexibility index (Phi) is 5.53.